The van der Waals surface area contributed by atoms with Gasteiger partial charge in [-0.05, 0) is 45.2 Å². The second-order valence-corrected chi connectivity index (χ2v) is 4.24. The predicted molar refractivity (Wildman–Crippen MR) is 57.5 cm³/mol. The fourth-order valence-electron chi connectivity index (χ4n) is 0.697. The monoisotopic (exact) mass is 397 g/mol. The van der Waals surface area contributed by atoms with E-state index in [9.17, 15) is 13.6 Å². The van der Waals surface area contributed by atoms with Crippen molar-refractivity contribution in [1.29, 1.82) is 0 Å². The maximum Gasteiger partial charge on any atom is 0.266 e. The molecule has 66 valence electrons. The number of alkyl halides is 2. The molecule has 0 unspecified atom stereocenters. The Kier molecular flexibility index (Phi) is 3.44. The number of rotatable bonds is 1. The molecule has 0 aliphatic carbocycles. The molecule has 1 aromatic rings. The van der Waals surface area contributed by atoms with Gasteiger partial charge in [0.05, 0.1) is 9.13 Å². The molecular weight excluding hydrogens is 394 g/mol. The lowest BCUT2D eigenvalue weighted by Gasteiger charge is -2.03. The lowest BCUT2D eigenvalue weighted by Crippen LogP contribution is -2.13. The van der Waals surface area contributed by atoms with Crippen molar-refractivity contribution in [1.82, 2.24) is 4.98 Å². The highest BCUT2D eigenvalue weighted by Gasteiger charge is 2.17. The summed E-state index contributed by atoms with van der Waals surface area (Å²) in [4.78, 5) is 13.3. The van der Waals surface area contributed by atoms with E-state index in [1.165, 1.54) is 6.20 Å². The summed E-state index contributed by atoms with van der Waals surface area (Å²) < 4.78 is 25.1. The quantitative estimate of drug-likeness (QED) is 0.727. The van der Waals surface area contributed by atoms with Crippen molar-refractivity contribution in [3.63, 3.8) is 0 Å². The van der Waals surface area contributed by atoms with E-state index < -0.39 is 12.0 Å². The summed E-state index contributed by atoms with van der Waals surface area (Å²) in [7, 11) is 0. The zero-order valence-corrected chi connectivity index (χ0v) is 9.89. The molecule has 0 aromatic carbocycles. The molecule has 1 aromatic heterocycles. The fraction of sp³-hybridized carbons (Fsp3) is 0.167. The van der Waals surface area contributed by atoms with Crippen molar-refractivity contribution in [3.05, 3.63) is 29.3 Å². The van der Waals surface area contributed by atoms with Gasteiger partial charge in [0, 0.05) is 9.77 Å². The molecular formula is C6H3F2I2NO. The van der Waals surface area contributed by atoms with Crippen molar-refractivity contribution < 1.29 is 8.78 Å². The smallest absolute Gasteiger partial charge is 0.266 e. The van der Waals surface area contributed by atoms with E-state index in [0.717, 1.165) is 0 Å². The van der Waals surface area contributed by atoms with Crippen LogP contribution in [0.2, 0.25) is 0 Å². The first-order chi connectivity index (χ1) is 5.54. The van der Waals surface area contributed by atoms with Crippen molar-refractivity contribution >= 4 is 45.2 Å². The lowest BCUT2D eigenvalue weighted by atomic mass is 10.3. The molecule has 0 radical (unpaired) electrons. The molecule has 1 N–H and O–H groups in total. The molecule has 0 saturated heterocycles. The molecule has 0 saturated carbocycles. The maximum absolute atomic E-state index is 12.3. The number of hydrogen-bond donors (Lipinski definition) is 1. The lowest BCUT2D eigenvalue weighted by molar-refractivity contribution is 0.149. The van der Waals surface area contributed by atoms with Gasteiger partial charge in [0.25, 0.3) is 12.0 Å². The number of halogens is 4. The Morgan fingerprint density at radius 1 is 1.42 bits per heavy atom. The van der Waals surface area contributed by atoms with E-state index in [0.29, 0.717) is 3.57 Å². The fourth-order valence-corrected chi connectivity index (χ4v) is 2.56. The topological polar surface area (TPSA) is 32.9 Å². The van der Waals surface area contributed by atoms with Crippen molar-refractivity contribution in [2.75, 3.05) is 0 Å². The third kappa shape index (κ3) is 1.95. The standard InChI is InChI=1S/C6H3F2I2NO/c7-5(8)3-2(9)1-11-6(12)4(3)10/h1,5H,(H,11,12). The van der Waals surface area contributed by atoms with Gasteiger partial charge in [-0.15, -0.1) is 0 Å². The van der Waals surface area contributed by atoms with Crippen LogP contribution in [0.3, 0.4) is 0 Å². The Bertz CT molecular complexity index is 350. The minimum absolute atomic E-state index is 0.0644. The third-order valence-electron chi connectivity index (χ3n) is 1.24. The molecule has 2 nitrogen and oxygen atoms in total. The molecule has 1 heterocycles. The van der Waals surface area contributed by atoms with E-state index >= 15 is 0 Å². The van der Waals surface area contributed by atoms with Crippen LogP contribution in [0, 0.1) is 7.14 Å². The Hall–Kier alpha value is 0.270. The summed E-state index contributed by atoms with van der Waals surface area (Å²) >= 11 is 3.38. The summed E-state index contributed by atoms with van der Waals surface area (Å²) in [6.07, 6.45) is -1.31. The van der Waals surface area contributed by atoms with Crippen LogP contribution in [0.4, 0.5) is 8.78 Å². The molecule has 0 aliphatic rings. The first-order valence-electron chi connectivity index (χ1n) is 2.88. The van der Waals surface area contributed by atoms with Gasteiger partial charge in [-0.1, -0.05) is 0 Å². The Morgan fingerprint density at radius 2 is 2.00 bits per heavy atom. The van der Waals surface area contributed by atoms with Crippen LogP contribution >= 0.6 is 45.2 Å². The molecule has 0 aliphatic heterocycles. The number of nitrogens with one attached hydrogen (secondary N) is 1. The molecule has 1 rings (SSSR count). The highest BCUT2D eigenvalue weighted by atomic mass is 127. The minimum Gasteiger partial charge on any atom is -0.327 e. The van der Waals surface area contributed by atoms with E-state index in [1.54, 1.807) is 45.2 Å². The second kappa shape index (κ2) is 3.99. The summed E-state index contributed by atoms with van der Waals surface area (Å²) in [5, 5.41) is 0. The molecule has 0 bridgehead atoms. The second-order valence-electron chi connectivity index (χ2n) is 1.99. The first kappa shape index (κ1) is 10.4. The molecule has 0 fully saturated rings. The molecule has 0 spiro atoms. The molecule has 0 amide bonds. The van der Waals surface area contributed by atoms with Crippen LogP contribution < -0.4 is 5.56 Å². The highest BCUT2D eigenvalue weighted by Crippen LogP contribution is 2.26. The number of hydrogen-bond acceptors (Lipinski definition) is 1. The Labute approximate surface area is 94.0 Å². The molecule has 0 atom stereocenters. The maximum atomic E-state index is 12.3. The van der Waals surface area contributed by atoms with Crippen LogP contribution in [0.5, 0.6) is 0 Å². The van der Waals surface area contributed by atoms with E-state index in [2.05, 4.69) is 4.98 Å². The molecule has 12 heavy (non-hydrogen) atoms. The van der Waals surface area contributed by atoms with Crippen LogP contribution in [0.15, 0.2) is 11.0 Å². The van der Waals surface area contributed by atoms with Gasteiger partial charge in [-0.25, -0.2) is 8.78 Å². The van der Waals surface area contributed by atoms with Crippen LogP contribution in [0.25, 0.3) is 0 Å². The average Bonchev–Trinajstić information content (AvgIpc) is 1.97. The van der Waals surface area contributed by atoms with Gasteiger partial charge in [-0.2, -0.15) is 0 Å². The van der Waals surface area contributed by atoms with Crippen molar-refractivity contribution in [2.24, 2.45) is 0 Å². The number of H-pyrrole nitrogens is 1. The summed E-state index contributed by atoms with van der Waals surface area (Å²) in [6, 6.07) is 0. The SMILES string of the molecule is O=c1[nH]cc(I)c(C(F)F)c1I. The normalized spacial score (nSPS) is 10.8. The summed E-state index contributed by atoms with van der Waals surface area (Å²) in [6.45, 7) is 0. The van der Waals surface area contributed by atoms with Crippen LogP contribution in [-0.2, 0) is 0 Å². The third-order valence-corrected chi connectivity index (χ3v) is 3.20. The first-order valence-corrected chi connectivity index (χ1v) is 5.04. The minimum atomic E-state index is -2.59. The zero-order valence-electron chi connectivity index (χ0n) is 5.57. The summed E-state index contributed by atoms with van der Waals surface area (Å²) in [5.74, 6) is 0. The van der Waals surface area contributed by atoms with Gasteiger partial charge >= 0.3 is 0 Å². The van der Waals surface area contributed by atoms with Gasteiger partial charge in [-0.3, -0.25) is 4.79 Å². The highest BCUT2D eigenvalue weighted by molar-refractivity contribution is 14.1. The summed E-state index contributed by atoms with van der Waals surface area (Å²) in [5.41, 5.74) is -0.647. The van der Waals surface area contributed by atoms with Gasteiger partial charge in [0.1, 0.15) is 0 Å². The average molecular weight is 397 g/mol. The van der Waals surface area contributed by atoms with Crippen LogP contribution in [-0.4, -0.2) is 4.98 Å². The van der Waals surface area contributed by atoms with Crippen molar-refractivity contribution in [3.8, 4) is 0 Å². The van der Waals surface area contributed by atoms with Gasteiger partial charge in [0.15, 0.2) is 0 Å². The molecule has 6 heteroatoms. The van der Waals surface area contributed by atoms with E-state index in [1.807, 2.05) is 0 Å². The predicted octanol–water partition coefficient (Wildman–Crippen LogP) is 2.52. The number of aromatic nitrogens is 1. The van der Waals surface area contributed by atoms with Gasteiger partial charge < -0.3 is 4.98 Å². The van der Waals surface area contributed by atoms with E-state index in [4.69, 9.17) is 0 Å². The Balaban J connectivity index is 3.43. The van der Waals surface area contributed by atoms with Crippen LogP contribution in [0.1, 0.15) is 12.0 Å². The largest absolute Gasteiger partial charge is 0.327 e. The zero-order chi connectivity index (χ0) is 9.30. The van der Waals surface area contributed by atoms with Crippen molar-refractivity contribution in [2.45, 2.75) is 6.43 Å². The van der Waals surface area contributed by atoms with Gasteiger partial charge in [0.2, 0.25) is 0 Å². The number of pyridine rings is 1. The van der Waals surface area contributed by atoms with E-state index in [-0.39, 0.29) is 9.13 Å². The Morgan fingerprint density at radius 3 is 2.42 bits per heavy atom. The number of aromatic amines is 1.